The van der Waals surface area contributed by atoms with Crippen molar-refractivity contribution in [1.29, 1.82) is 0 Å². The predicted octanol–water partition coefficient (Wildman–Crippen LogP) is 4.56. The summed E-state index contributed by atoms with van der Waals surface area (Å²) in [6.45, 7) is 0.628. The van der Waals surface area contributed by atoms with Gasteiger partial charge in [-0.2, -0.15) is 0 Å². The normalized spacial score (nSPS) is 13.8. The molecule has 120 valence electrons. The molecule has 2 aromatic rings. The van der Waals surface area contributed by atoms with Crippen LogP contribution in [0.1, 0.15) is 40.9 Å². The third-order valence-electron chi connectivity index (χ3n) is 3.92. The molecule has 0 radical (unpaired) electrons. The molecule has 0 bridgehead atoms. The topological polar surface area (TPSA) is 37.4 Å². The second-order valence-electron chi connectivity index (χ2n) is 5.77. The predicted molar refractivity (Wildman–Crippen MR) is 92.9 cm³/mol. The van der Waals surface area contributed by atoms with Crippen LogP contribution in [0.25, 0.3) is 0 Å². The van der Waals surface area contributed by atoms with E-state index in [1.807, 2.05) is 35.2 Å². The van der Waals surface area contributed by atoms with Gasteiger partial charge in [-0.05, 0) is 30.5 Å². The summed E-state index contributed by atoms with van der Waals surface area (Å²) in [4.78, 5) is 27.2. The molecule has 0 N–H and O–H groups in total. The summed E-state index contributed by atoms with van der Waals surface area (Å²) < 4.78 is 0.600. The summed E-state index contributed by atoms with van der Waals surface area (Å²) in [5.41, 5.74) is 1.13. The highest BCUT2D eigenvalue weighted by atomic mass is 35.5. The van der Waals surface area contributed by atoms with E-state index >= 15 is 0 Å². The number of halogens is 1. The van der Waals surface area contributed by atoms with E-state index in [-0.39, 0.29) is 24.5 Å². The quantitative estimate of drug-likeness (QED) is 0.689. The van der Waals surface area contributed by atoms with Crippen LogP contribution in [-0.2, 0) is 11.3 Å². The van der Waals surface area contributed by atoms with E-state index in [4.69, 9.17) is 11.6 Å². The van der Waals surface area contributed by atoms with Gasteiger partial charge in [0.2, 0.25) is 5.91 Å². The standard InChI is InChI=1S/C18H18ClNO2S/c19-17-10-9-16(23-17)15(21)8-11-18(22)20(14-6-7-14)12-13-4-2-1-3-5-13/h1-5,9-10,14H,6-8,11-12H2. The second kappa shape index (κ2) is 7.28. The number of nitrogens with zero attached hydrogens (tertiary/aromatic N) is 1. The number of Topliss-reactive ketones (excluding diaryl/α,β-unsaturated/α-hetero) is 1. The Morgan fingerprint density at radius 2 is 1.83 bits per heavy atom. The zero-order valence-electron chi connectivity index (χ0n) is 12.7. The van der Waals surface area contributed by atoms with Gasteiger partial charge in [0.15, 0.2) is 5.78 Å². The number of ketones is 1. The summed E-state index contributed by atoms with van der Waals surface area (Å²) >= 11 is 7.12. The molecule has 1 aliphatic rings. The van der Waals surface area contributed by atoms with Gasteiger partial charge in [0.05, 0.1) is 9.21 Å². The molecule has 1 amide bonds. The maximum absolute atomic E-state index is 12.5. The van der Waals surface area contributed by atoms with Crippen LogP contribution < -0.4 is 0 Å². The number of rotatable bonds is 7. The highest BCUT2D eigenvalue weighted by molar-refractivity contribution is 7.18. The number of carbonyl (C=O) groups excluding carboxylic acids is 2. The molecule has 1 fully saturated rings. The lowest BCUT2D eigenvalue weighted by atomic mass is 10.1. The van der Waals surface area contributed by atoms with Crippen molar-refractivity contribution in [2.75, 3.05) is 0 Å². The Hall–Kier alpha value is -1.65. The fourth-order valence-corrected chi connectivity index (χ4v) is 3.55. The Balaban J connectivity index is 1.57. The van der Waals surface area contributed by atoms with Crippen LogP contribution in [0.3, 0.4) is 0 Å². The van der Waals surface area contributed by atoms with Gasteiger partial charge in [-0.3, -0.25) is 9.59 Å². The lowest BCUT2D eigenvalue weighted by Gasteiger charge is -2.22. The van der Waals surface area contributed by atoms with Crippen LogP contribution in [0, 0.1) is 0 Å². The van der Waals surface area contributed by atoms with Gasteiger partial charge in [-0.15, -0.1) is 11.3 Å². The van der Waals surface area contributed by atoms with Crippen LogP contribution in [0.15, 0.2) is 42.5 Å². The molecule has 1 aromatic carbocycles. The van der Waals surface area contributed by atoms with E-state index in [9.17, 15) is 9.59 Å². The van der Waals surface area contributed by atoms with Crippen molar-refractivity contribution in [3.63, 3.8) is 0 Å². The van der Waals surface area contributed by atoms with Crippen molar-refractivity contribution in [2.24, 2.45) is 0 Å². The molecule has 0 aliphatic heterocycles. The lowest BCUT2D eigenvalue weighted by molar-refractivity contribution is -0.132. The van der Waals surface area contributed by atoms with Crippen LogP contribution in [0.2, 0.25) is 4.34 Å². The van der Waals surface area contributed by atoms with Crippen molar-refractivity contribution < 1.29 is 9.59 Å². The number of benzene rings is 1. The van der Waals surface area contributed by atoms with Gasteiger partial charge in [-0.25, -0.2) is 0 Å². The van der Waals surface area contributed by atoms with E-state index in [1.165, 1.54) is 11.3 Å². The number of hydrogen-bond donors (Lipinski definition) is 0. The molecule has 1 aromatic heterocycles. The average Bonchev–Trinajstić information content (AvgIpc) is 3.31. The molecule has 0 saturated heterocycles. The second-order valence-corrected chi connectivity index (χ2v) is 7.48. The molecule has 23 heavy (non-hydrogen) atoms. The monoisotopic (exact) mass is 347 g/mol. The molecule has 0 spiro atoms. The molecule has 3 nitrogen and oxygen atoms in total. The van der Waals surface area contributed by atoms with Crippen molar-refractivity contribution in [1.82, 2.24) is 4.90 Å². The minimum absolute atomic E-state index is 0.00860. The summed E-state index contributed by atoms with van der Waals surface area (Å²) in [6.07, 6.45) is 2.63. The smallest absolute Gasteiger partial charge is 0.223 e. The minimum atomic E-state index is -0.00860. The Morgan fingerprint density at radius 1 is 1.09 bits per heavy atom. The van der Waals surface area contributed by atoms with E-state index in [0.717, 1.165) is 18.4 Å². The molecular weight excluding hydrogens is 330 g/mol. The van der Waals surface area contributed by atoms with Crippen LogP contribution in [0.4, 0.5) is 0 Å². The zero-order chi connectivity index (χ0) is 16.2. The maximum atomic E-state index is 12.5. The highest BCUT2D eigenvalue weighted by Crippen LogP contribution is 2.29. The fourth-order valence-electron chi connectivity index (χ4n) is 2.54. The molecule has 5 heteroatoms. The van der Waals surface area contributed by atoms with Crippen molar-refractivity contribution in [3.05, 3.63) is 57.2 Å². The van der Waals surface area contributed by atoms with Crippen molar-refractivity contribution in [3.8, 4) is 0 Å². The third kappa shape index (κ3) is 4.43. The first-order valence-electron chi connectivity index (χ1n) is 7.75. The Bertz CT molecular complexity index is 694. The van der Waals surface area contributed by atoms with Gasteiger partial charge in [0.1, 0.15) is 0 Å². The van der Waals surface area contributed by atoms with Crippen LogP contribution >= 0.6 is 22.9 Å². The summed E-state index contributed by atoms with van der Waals surface area (Å²) in [7, 11) is 0. The molecule has 1 heterocycles. The maximum Gasteiger partial charge on any atom is 0.223 e. The number of amides is 1. The SMILES string of the molecule is O=C(CCC(=O)N(Cc1ccccc1)C1CC1)c1ccc(Cl)s1. The number of thiophene rings is 1. The van der Waals surface area contributed by atoms with Gasteiger partial charge < -0.3 is 4.90 Å². The zero-order valence-corrected chi connectivity index (χ0v) is 14.3. The number of carbonyl (C=O) groups is 2. The highest BCUT2D eigenvalue weighted by Gasteiger charge is 2.32. The van der Waals surface area contributed by atoms with E-state index < -0.39 is 0 Å². The van der Waals surface area contributed by atoms with Crippen molar-refractivity contribution >= 4 is 34.6 Å². The van der Waals surface area contributed by atoms with Crippen molar-refractivity contribution in [2.45, 2.75) is 38.3 Å². The molecule has 3 rings (SSSR count). The Kier molecular flexibility index (Phi) is 5.13. The first kappa shape index (κ1) is 16.2. The molecule has 1 saturated carbocycles. The van der Waals surface area contributed by atoms with E-state index in [1.54, 1.807) is 12.1 Å². The molecule has 1 aliphatic carbocycles. The molecule has 0 atom stereocenters. The largest absolute Gasteiger partial charge is 0.335 e. The Labute approximate surface area is 144 Å². The van der Waals surface area contributed by atoms with Gasteiger partial charge >= 0.3 is 0 Å². The molecule has 0 unspecified atom stereocenters. The third-order valence-corrected chi connectivity index (χ3v) is 5.19. The summed E-state index contributed by atoms with van der Waals surface area (Å²) in [6, 6.07) is 13.8. The average molecular weight is 348 g/mol. The van der Waals surface area contributed by atoms with Crippen LogP contribution in [0.5, 0.6) is 0 Å². The van der Waals surface area contributed by atoms with Crippen LogP contribution in [-0.4, -0.2) is 22.6 Å². The van der Waals surface area contributed by atoms with Gasteiger partial charge in [0.25, 0.3) is 0 Å². The van der Waals surface area contributed by atoms with Gasteiger partial charge in [-0.1, -0.05) is 41.9 Å². The first-order valence-corrected chi connectivity index (χ1v) is 8.95. The first-order chi connectivity index (χ1) is 11.1. The van der Waals surface area contributed by atoms with Gasteiger partial charge in [0, 0.05) is 25.4 Å². The summed E-state index contributed by atoms with van der Waals surface area (Å²) in [5, 5.41) is 0. The Morgan fingerprint density at radius 3 is 2.43 bits per heavy atom. The summed E-state index contributed by atoms with van der Waals surface area (Å²) in [5.74, 6) is 0.0538. The van der Waals surface area contributed by atoms with E-state index in [0.29, 0.717) is 21.8 Å². The number of hydrogen-bond acceptors (Lipinski definition) is 3. The fraction of sp³-hybridized carbons (Fsp3) is 0.333. The van der Waals surface area contributed by atoms with E-state index in [2.05, 4.69) is 0 Å². The molecular formula is C18H18ClNO2S. The lowest BCUT2D eigenvalue weighted by Crippen LogP contribution is -2.32. The minimum Gasteiger partial charge on any atom is -0.335 e.